The lowest BCUT2D eigenvalue weighted by atomic mass is 9.78. The number of aliphatic hydroxyl groups excluding tert-OH is 2. The smallest absolute Gasteiger partial charge is 0.119 e. The van der Waals surface area contributed by atoms with Crippen molar-refractivity contribution in [1.82, 2.24) is 0 Å². The molecule has 0 radical (unpaired) electrons. The summed E-state index contributed by atoms with van der Waals surface area (Å²) < 4.78 is 11.0. The Morgan fingerprint density at radius 3 is 1.61 bits per heavy atom. The van der Waals surface area contributed by atoms with Gasteiger partial charge < -0.3 is 19.7 Å². The second-order valence-electron chi connectivity index (χ2n) is 5.82. The topological polar surface area (TPSA) is 58.9 Å². The van der Waals surface area contributed by atoms with Crippen molar-refractivity contribution in [3.8, 4) is 11.5 Å². The Hall–Kier alpha value is -2.04. The fourth-order valence-electron chi connectivity index (χ4n) is 2.44. The third-order valence-corrected chi connectivity index (χ3v) is 3.83. The highest BCUT2D eigenvalue weighted by Gasteiger charge is 2.24. The highest BCUT2D eigenvalue weighted by molar-refractivity contribution is 5.43. The average molecular weight is 316 g/mol. The van der Waals surface area contributed by atoms with Crippen LogP contribution in [-0.2, 0) is 5.41 Å². The quantitative estimate of drug-likeness (QED) is 0.786. The van der Waals surface area contributed by atoms with Crippen LogP contribution in [0.25, 0.3) is 0 Å². The molecule has 124 valence electrons. The van der Waals surface area contributed by atoms with Crippen LogP contribution < -0.4 is 9.47 Å². The molecule has 0 fully saturated rings. The molecule has 0 aliphatic rings. The number of benzene rings is 2. The summed E-state index contributed by atoms with van der Waals surface area (Å²) in [6.07, 6.45) is 0. The van der Waals surface area contributed by atoms with Gasteiger partial charge >= 0.3 is 0 Å². The predicted molar refractivity (Wildman–Crippen MR) is 90.2 cm³/mol. The zero-order valence-electron chi connectivity index (χ0n) is 13.7. The molecule has 0 aromatic heterocycles. The van der Waals surface area contributed by atoms with Crippen LogP contribution in [0.3, 0.4) is 0 Å². The molecule has 0 aliphatic carbocycles. The fraction of sp³-hybridized carbons (Fsp3) is 0.368. The van der Waals surface area contributed by atoms with Gasteiger partial charge in [0.05, 0.1) is 13.2 Å². The molecule has 2 rings (SSSR count). The second kappa shape index (κ2) is 7.99. The summed E-state index contributed by atoms with van der Waals surface area (Å²) in [6, 6.07) is 15.8. The minimum absolute atomic E-state index is 0.00212. The molecule has 2 aromatic carbocycles. The van der Waals surface area contributed by atoms with Gasteiger partial charge in [-0.1, -0.05) is 38.1 Å². The largest absolute Gasteiger partial charge is 0.491 e. The first-order chi connectivity index (χ1) is 11.1. The molecule has 0 spiro atoms. The van der Waals surface area contributed by atoms with E-state index in [0.29, 0.717) is 0 Å². The SMILES string of the molecule is CC(C)(c1cccc(OCCO)c1)c1cccc(OCCO)c1. The van der Waals surface area contributed by atoms with Crippen molar-refractivity contribution in [3.63, 3.8) is 0 Å². The van der Waals surface area contributed by atoms with Crippen LogP contribution in [0.5, 0.6) is 11.5 Å². The van der Waals surface area contributed by atoms with Gasteiger partial charge in [0, 0.05) is 5.41 Å². The molecule has 2 N–H and O–H groups in total. The highest BCUT2D eigenvalue weighted by atomic mass is 16.5. The lowest BCUT2D eigenvalue weighted by Gasteiger charge is -2.27. The molecule has 0 atom stereocenters. The molecule has 0 heterocycles. The summed E-state index contributed by atoms with van der Waals surface area (Å²) in [6.45, 7) is 4.85. The first-order valence-electron chi connectivity index (χ1n) is 7.76. The number of hydrogen-bond acceptors (Lipinski definition) is 4. The van der Waals surface area contributed by atoms with Gasteiger partial charge in [0.15, 0.2) is 0 Å². The molecular formula is C19H24O4. The number of hydrogen-bond donors (Lipinski definition) is 2. The Labute approximate surface area is 137 Å². The first-order valence-corrected chi connectivity index (χ1v) is 7.76. The second-order valence-corrected chi connectivity index (χ2v) is 5.82. The summed E-state index contributed by atoms with van der Waals surface area (Å²) >= 11 is 0. The van der Waals surface area contributed by atoms with E-state index < -0.39 is 0 Å². The minimum Gasteiger partial charge on any atom is -0.491 e. The van der Waals surface area contributed by atoms with Gasteiger partial charge in [-0.2, -0.15) is 0 Å². The molecule has 4 heteroatoms. The van der Waals surface area contributed by atoms with Crippen molar-refractivity contribution >= 4 is 0 Å². The van der Waals surface area contributed by atoms with Gasteiger partial charge in [-0.05, 0) is 35.4 Å². The molecule has 4 nitrogen and oxygen atoms in total. The van der Waals surface area contributed by atoms with Crippen LogP contribution in [0, 0.1) is 0 Å². The molecular weight excluding hydrogens is 292 g/mol. The Morgan fingerprint density at radius 1 is 0.783 bits per heavy atom. The Morgan fingerprint density at radius 2 is 1.22 bits per heavy atom. The van der Waals surface area contributed by atoms with E-state index in [1.807, 2.05) is 36.4 Å². The van der Waals surface area contributed by atoms with Crippen LogP contribution >= 0.6 is 0 Å². The van der Waals surface area contributed by atoms with Gasteiger partial charge in [-0.15, -0.1) is 0 Å². The Bertz CT molecular complexity index is 569. The predicted octanol–water partition coefficient (Wildman–Crippen LogP) is 2.75. The maximum Gasteiger partial charge on any atom is 0.119 e. The molecule has 0 saturated carbocycles. The molecule has 2 aromatic rings. The lowest BCUT2D eigenvalue weighted by molar-refractivity contribution is 0.201. The summed E-state index contributed by atoms with van der Waals surface area (Å²) in [5, 5.41) is 17.8. The minimum atomic E-state index is -0.225. The first kappa shape index (κ1) is 17.3. The van der Waals surface area contributed by atoms with Crippen LogP contribution in [0.15, 0.2) is 48.5 Å². The van der Waals surface area contributed by atoms with E-state index >= 15 is 0 Å². The molecule has 23 heavy (non-hydrogen) atoms. The zero-order chi connectivity index (χ0) is 16.7. The normalized spacial score (nSPS) is 11.3. The summed E-state index contributed by atoms with van der Waals surface area (Å²) in [5.41, 5.74) is 2.01. The van der Waals surface area contributed by atoms with Crippen molar-refractivity contribution in [2.45, 2.75) is 19.3 Å². The van der Waals surface area contributed by atoms with Crippen molar-refractivity contribution in [3.05, 3.63) is 59.7 Å². The van der Waals surface area contributed by atoms with E-state index in [0.717, 1.165) is 22.6 Å². The van der Waals surface area contributed by atoms with E-state index in [9.17, 15) is 0 Å². The van der Waals surface area contributed by atoms with Crippen LogP contribution in [-0.4, -0.2) is 36.6 Å². The number of ether oxygens (including phenoxy) is 2. The average Bonchev–Trinajstić information content (AvgIpc) is 2.58. The van der Waals surface area contributed by atoms with E-state index in [2.05, 4.69) is 26.0 Å². The van der Waals surface area contributed by atoms with Crippen LogP contribution in [0.4, 0.5) is 0 Å². The van der Waals surface area contributed by atoms with Crippen molar-refractivity contribution in [2.75, 3.05) is 26.4 Å². The van der Waals surface area contributed by atoms with Gasteiger partial charge in [0.1, 0.15) is 24.7 Å². The summed E-state index contributed by atoms with van der Waals surface area (Å²) in [7, 11) is 0. The number of rotatable bonds is 8. The molecule has 0 unspecified atom stereocenters. The number of aliphatic hydroxyl groups is 2. The van der Waals surface area contributed by atoms with E-state index in [4.69, 9.17) is 19.7 Å². The maximum absolute atomic E-state index is 8.88. The van der Waals surface area contributed by atoms with Crippen molar-refractivity contribution in [2.24, 2.45) is 0 Å². The summed E-state index contributed by atoms with van der Waals surface area (Å²) in [5.74, 6) is 1.50. The van der Waals surface area contributed by atoms with E-state index in [1.165, 1.54) is 0 Å². The molecule has 0 saturated heterocycles. The van der Waals surface area contributed by atoms with Crippen LogP contribution in [0.2, 0.25) is 0 Å². The van der Waals surface area contributed by atoms with E-state index in [-0.39, 0.29) is 31.8 Å². The summed E-state index contributed by atoms with van der Waals surface area (Å²) in [4.78, 5) is 0. The standard InChI is InChI=1S/C19H24O4/c1-19(2,15-5-3-7-17(13-15)22-11-9-20)16-6-4-8-18(14-16)23-12-10-21/h3-8,13-14,20-21H,9-12H2,1-2H3. The fourth-order valence-corrected chi connectivity index (χ4v) is 2.44. The maximum atomic E-state index is 8.88. The Kier molecular flexibility index (Phi) is 6.02. The van der Waals surface area contributed by atoms with Crippen LogP contribution in [0.1, 0.15) is 25.0 Å². The molecule has 0 bridgehead atoms. The van der Waals surface area contributed by atoms with Gasteiger partial charge in [-0.3, -0.25) is 0 Å². The van der Waals surface area contributed by atoms with Gasteiger partial charge in [-0.25, -0.2) is 0 Å². The van der Waals surface area contributed by atoms with E-state index in [1.54, 1.807) is 0 Å². The van der Waals surface area contributed by atoms with Crippen molar-refractivity contribution < 1.29 is 19.7 Å². The lowest BCUT2D eigenvalue weighted by Crippen LogP contribution is -2.19. The third-order valence-electron chi connectivity index (χ3n) is 3.83. The molecule has 0 amide bonds. The zero-order valence-corrected chi connectivity index (χ0v) is 13.7. The Balaban J connectivity index is 2.26. The monoisotopic (exact) mass is 316 g/mol. The van der Waals surface area contributed by atoms with Gasteiger partial charge in [0.25, 0.3) is 0 Å². The third kappa shape index (κ3) is 4.47. The molecule has 0 aliphatic heterocycles. The highest BCUT2D eigenvalue weighted by Crippen LogP contribution is 2.34. The van der Waals surface area contributed by atoms with Gasteiger partial charge in [0.2, 0.25) is 0 Å². The van der Waals surface area contributed by atoms with Crippen molar-refractivity contribution in [1.29, 1.82) is 0 Å².